The van der Waals surface area contributed by atoms with Gasteiger partial charge in [0.15, 0.2) is 0 Å². The Morgan fingerprint density at radius 3 is 2.39 bits per heavy atom. The molecule has 1 amide bonds. The zero-order chi connectivity index (χ0) is 21.6. The third-order valence-electron chi connectivity index (χ3n) is 6.05. The van der Waals surface area contributed by atoms with Crippen LogP contribution in [0.1, 0.15) is 49.6 Å². The Morgan fingerprint density at radius 2 is 1.74 bits per heavy atom. The molecule has 1 saturated heterocycles. The van der Waals surface area contributed by atoms with E-state index in [2.05, 4.69) is 41.4 Å². The molecule has 1 fully saturated rings. The minimum absolute atomic E-state index is 0.105. The van der Waals surface area contributed by atoms with Crippen molar-refractivity contribution in [2.24, 2.45) is 5.92 Å². The van der Waals surface area contributed by atoms with Crippen molar-refractivity contribution in [3.63, 3.8) is 0 Å². The number of nitrogens with zero attached hydrogens (tertiary/aromatic N) is 1. The van der Waals surface area contributed by atoms with Gasteiger partial charge in [0, 0.05) is 18.8 Å². The highest BCUT2D eigenvalue weighted by atomic mass is 16.3. The van der Waals surface area contributed by atoms with E-state index in [4.69, 9.17) is 4.42 Å². The lowest BCUT2D eigenvalue weighted by atomic mass is 9.98. The summed E-state index contributed by atoms with van der Waals surface area (Å²) in [5.74, 6) is 1.35. The van der Waals surface area contributed by atoms with Gasteiger partial charge in [-0.3, -0.25) is 4.79 Å². The molecule has 0 bridgehead atoms. The van der Waals surface area contributed by atoms with Crippen molar-refractivity contribution in [2.45, 2.75) is 32.7 Å². The molecule has 3 aromatic rings. The van der Waals surface area contributed by atoms with Crippen LogP contribution < -0.4 is 10.2 Å². The summed E-state index contributed by atoms with van der Waals surface area (Å²) < 4.78 is 5.44. The van der Waals surface area contributed by atoms with E-state index in [0.29, 0.717) is 11.3 Å². The van der Waals surface area contributed by atoms with Crippen molar-refractivity contribution in [3.05, 3.63) is 89.9 Å². The summed E-state index contributed by atoms with van der Waals surface area (Å²) in [5.41, 5.74) is 3.80. The predicted octanol–water partition coefficient (Wildman–Crippen LogP) is 5.93. The van der Waals surface area contributed by atoms with Gasteiger partial charge in [0.05, 0.1) is 17.9 Å². The molecule has 1 unspecified atom stereocenters. The van der Waals surface area contributed by atoms with E-state index < -0.39 is 0 Å². The van der Waals surface area contributed by atoms with Crippen LogP contribution in [0, 0.1) is 5.92 Å². The van der Waals surface area contributed by atoms with Crippen LogP contribution in [0.3, 0.4) is 0 Å². The fraction of sp³-hybridized carbons (Fsp3) is 0.296. The van der Waals surface area contributed by atoms with Crippen LogP contribution in [0.2, 0.25) is 0 Å². The summed E-state index contributed by atoms with van der Waals surface area (Å²) in [6.45, 7) is 6.58. The molecular weight excluding hydrogens is 384 g/mol. The van der Waals surface area contributed by atoms with Crippen LogP contribution in [0.15, 0.2) is 77.4 Å². The van der Waals surface area contributed by atoms with Crippen molar-refractivity contribution in [1.82, 2.24) is 5.32 Å². The first-order chi connectivity index (χ1) is 15.1. The lowest BCUT2D eigenvalue weighted by Crippen LogP contribution is -2.32. The Labute approximate surface area is 184 Å². The van der Waals surface area contributed by atoms with Gasteiger partial charge in [-0.15, -0.1) is 0 Å². The summed E-state index contributed by atoms with van der Waals surface area (Å²) in [6.07, 6.45) is 5.90. The Bertz CT molecular complexity index is 999. The molecule has 31 heavy (non-hydrogen) atoms. The molecule has 4 heteroatoms. The maximum Gasteiger partial charge on any atom is 0.252 e. The monoisotopic (exact) mass is 414 g/mol. The third kappa shape index (κ3) is 5.26. The van der Waals surface area contributed by atoms with Gasteiger partial charge >= 0.3 is 0 Å². The maximum atomic E-state index is 13.2. The third-order valence-corrected chi connectivity index (χ3v) is 6.05. The number of hydrogen-bond donors (Lipinski definition) is 1. The molecule has 4 rings (SSSR count). The highest BCUT2D eigenvalue weighted by molar-refractivity contribution is 6.24. The molecule has 1 aliphatic rings. The number of carbonyl (C=O) groups excluding carboxylic acids is 1. The van der Waals surface area contributed by atoms with Gasteiger partial charge in [-0.1, -0.05) is 49.4 Å². The number of nitrogens with one attached hydrogen (secondary N) is 1. The number of anilines is 1. The summed E-state index contributed by atoms with van der Waals surface area (Å²) in [6, 6.07) is 21.8. The van der Waals surface area contributed by atoms with Crippen LogP contribution in [0.5, 0.6) is 0 Å². The molecule has 4 nitrogen and oxygen atoms in total. The van der Waals surface area contributed by atoms with Crippen molar-refractivity contribution in [1.29, 1.82) is 0 Å². The van der Waals surface area contributed by atoms with Crippen LogP contribution in [-0.4, -0.2) is 19.0 Å². The molecule has 1 aromatic heterocycles. The van der Waals surface area contributed by atoms with Gasteiger partial charge in [-0.05, 0) is 67.2 Å². The van der Waals surface area contributed by atoms with E-state index in [9.17, 15) is 4.79 Å². The molecular formula is C27H30N2O2. The number of hydrogen-bond acceptors (Lipinski definition) is 3. The standard InChI is InChI=1S/C27H30N2O2/c1-20-14-16-29(17-15-20)24-12-10-22(11-13-24)21(2)28-27(30)26(19-25-9-6-18-31-25)23-7-4-3-5-8-23/h3-13,18-21H,14-17H2,1-2H3,(H,28,30)/b26-19+. The highest BCUT2D eigenvalue weighted by Crippen LogP contribution is 2.25. The van der Waals surface area contributed by atoms with E-state index in [1.807, 2.05) is 49.4 Å². The van der Waals surface area contributed by atoms with Crippen LogP contribution in [-0.2, 0) is 4.79 Å². The van der Waals surface area contributed by atoms with Gasteiger partial charge in [-0.2, -0.15) is 0 Å². The molecule has 2 aromatic carbocycles. The van der Waals surface area contributed by atoms with Gasteiger partial charge in [0.1, 0.15) is 5.76 Å². The van der Waals surface area contributed by atoms with Crippen molar-refractivity contribution < 1.29 is 9.21 Å². The quantitative estimate of drug-likeness (QED) is 0.508. The highest BCUT2D eigenvalue weighted by Gasteiger charge is 2.18. The summed E-state index contributed by atoms with van der Waals surface area (Å²) in [4.78, 5) is 15.6. The first-order valence-electron chi connectivity index (χ1n) is 11.1. The Balaban J connectivity index is 1.47. The lowest BCUT2D eigenvalue weighted by Gasteiger charge is -2.32. The van der Waals surface area contributed by atoms with Gasteiger partial charge in [0.25, 0.3) is 5.91 Å². The summed E-state index contributed by atoms with van der Waals surface area (Å²) in [7, 11) is 0. The van der Waals surface area contributed by atoms with Crippen LogP contribution in [0.25, 0.3) is 11.6 Å². The predicted molar refractivity (Wildman–Crippen MR) is 127 cm³/mol. The van der Waals surface area contributed by atoms with E-state index in [0.717, 1.165) is 30.1 Å². The second-order valence-electron chi connectivity index (χ2n) is 8.40. The second-order valence-corrected chi connectivity index (χ2v) is 8.40. The van der Waals surface area contributed by atoms with E-state index in [1.165, 1.54) is 18.5 Å². The molecule has 0 radical (unpaired) electrons. The summed E-state index contributed by atoms with van der Waals surface area (Å²) in [5, 5.41) is 3.15. The van der Waals surface area contributed by atoms with Crippen LogP contribution in [0.4, 0.5) is 5.69 Å². The maximum absolute atomic E-state index is 13.2. The number of carbonyl (C=O) groups is 1. The molecule has 0 spiro atoms. The van der Waals surface area contributed by atoms with Crippen molar-refractivity contribution >= 4 is 23.2 Å². The van der Waals surface area contributed by atoms with E-state index in [1.54, 1.807) is 12.3 Å². The number of piperidine rings is 1. The minimum atomic E-state index is -0.121. The first-order valence-corrected chi connectivity index (χ1v) is 11.1. The van der Waals surface area contributed by atoms with Gasteiger partial charge in [-0.25, -0.2) is 0 Å². The molecule has 2 heterocycles. The van der Waals surface area contributed by atoms with Crippen LogP contribution >= 0.6 is 0 Å². The Kier molecular flexibility index (Phi) is 6.56. The minimum Gasteiger partial charge on any atom is -0.465 e. The second kappa shape index (κ2) is 9.69. The zero-order valence-electron chi connectivity index (χ0n) is 18.3. The zero-order valence-corrected chi connectivity index (χ0v) is 18.3. The normalized spacial score (nSPS) is 16.2. The van der Waals surface area contributed by atoms with E-state index in [-0.39, 0.29) is 11.9 Å². The fourth-order valence-electron chi connectivity index (χ4n) is 4.01. The number of furan rings is 1. The lowest BCUT2D eigenvalue weighted by molar-refractivity contribution is -0.116. The SMILES string of the molecule is CC1CCN(c2ccc(C(C)NC(=O)/C(=C/c3ccco3)c3ccccc3)cc2)CC1. The smallest absolute Gasteiger partial charge is 0.252 e. The summed E-state index contributed by atoms with van der Waals surface area (Å²) >= 11 is 0. The van der Waals surface area contributed by atoms with E-state index >= 15 is 0 Å². The average Bonchev–Trinajstić information content (AvgIpc) is 3.32. The molecule has 1 atom stereocenters. The molecule has 160 valence electrons. The van der Waals surface area contributed by atoms with Crippen molar-refractivity contribution in [3.8, 4) is 0 Å². The Hall–Kier alpha value is -3.27. The molecule has 1 aliphatic heterocycles. The number of rotatable bonds is 6. The molecule has 1 N–H and O–H groups in total. The number of amides is 1. The van der Waals surface area contributed by atoms with Crippen molar-refractivity contribution in [2.75, 3.05) is 18.0 Å². The molecule has 0 aliphatic carbocycles. The average molecular weight is 415 g/mol. The van der Waals surface area contributed by atoms with Gasteiger partial charge < -0.3 is 14.6 Å². The topological polar surface area (TPSA) is 45.5 Å². The largest absolute Gasteiger partial charge is 0.465 e. The molecule has 0 saturated carbocycles. The Morgan fingerprint density at radius 1 is 1.03 bits per heavy atom. The van der Waals surface area contributed by atoms with Gasteiger partial charge in [0.2, 0.25) is 0 Å². The number of benzene rings is 2. The fourth-order valence-corrected chi connectivity index (χ4v) is 4.01. The first kappa shape index (κ1) is 21.0.